The van der Waals surface area contributed by atoms with Crippen LogP contribution in [0.25, 0.3) is 0 Å². The van der Waals surface area contributed by atoms with Crippen LogP contribution < -0.4 is 15.0 Å². The van der Waals surface area contributed by atoms with Crippen LogP contribution in [-0.4, -0.2) is 106 Å². The number of oxazole rings is 1. The van der Waals surface area contributed by atoms with Crippen molar-refractivity contribution in [1.29, 1.82) is 0 Å². The predicted octanol–water partition coefficient (Wildman–Crippen LogP) is 3.02. The number of fused-ring (bicyclic) bond motifs is 1. The number of aryl methyl sites for hydroxylation is 1. The molecule has 1 aliphatic carbocycles. The standard InChI is InChI=1S/C35H45N7O6.H2S/c1-22-28-9-10-40(16-25(28)5-8-31(22)47-20-32-23(2)36-21-48-32)17-27(43)6-7-30(44)29-15-33(37-26-18-46-19-26)39-35(38-29)42-13-11-41(12-14-42)34(45)24-3-4-24;/h5,8,15,21,24,26-27,43H,3-4,6-7,9-14,16-20H2,1-2H3,(H,37,38,39);1H2/t27-;/m0./s1. The van der Waals surface area contributed by atoms with E-state index >= 15 is 0 Å². The molecule has 14 heteroatoms. The van der Waals surface area contributed by atoms with Crippen molar-refractivity contribution < 1.29 is 28.6 Å². The van der Waals surface area contributed by atoms with E-state index in [0.29, 0.717) is 76.4 Å². The summed E-state index contributed by atoms with van der Waals surface area (Å²) in [4.78, 5) is 45.7. The van der Waals surface area contributed by atoms with Crippen LogP contribution in [0.4, 0.5) is 11.8 Å². The number of carbonyl (C=O) groups excluding carboxylic acids is 2. The lowest BCUT2D eigenvalue weighted by Crippen LogP contribution is -2.50. The molecule has 7 rings (SSSR count). The number of aliphatic hydroxyl groups is 1. The summed E-state index contributed by atoms with van der Waals surface area (Å²) < 4.78 is 16.8. The highest BCUT2D eigenvalue weighted by atomic mass is 32.1. The number of Topliss-reactive ketones (excluding diaryl/α,β-unsaturated/α-hetero) is 1. The number of anilines is 2. The number of β-amino-alcohol motifs (C(OH)–C–C–N with tert-alkyl or cyclic N) is 1. The molecule has 1 atom stereocenters. The average molecular weight is 694 g/mol. The maximum absolute atomic E-state index is 13.4. The number of ketones is 1. The summed E-state index contributed by atoms with van der Waals surface area (Å²) in [7, 11) is 0. The molecule has 0 bridgehead atoms. The van der Waals surface area contributed by atoms with Gasteiger partial charge < -0.3 is 34.1 Å². The van der Waals surface area contributed by atoms with Crippen molar-refractivity contribution >= 4 is 37.0 Å². The van der Waals surface area contributed by atoms with E-state index in [0.717, 1.165) is 55.1 Å². The first-order valence-electron chi connectivity index (χ1n) is 17.1. The first-order valence-corrected chi connectivity index (χ1v) is 17.1. The molecule has 2 saturated heterocycles. The molecule has 3 fully saturated rings. The van der Waals surface area contributed by atoms with Gasteiger partial charge in [-0.2, -0.15) is 18.5 Å². The van der Waals surface area contributed by atoms with Crippen molar-refractivity contribution in [2.75, 3.05) is 62.7 Å². The van der Waals surface area contributed by atoms with Gasteiger partial charge in [-0.15, -0.1) is 0 Å². The minimum Gasteiger partial charge on any atom is -0.485 e. The summed E-state index contributed by atoms with van der Waals surface area (Å²) in [6.45, 7) is 10.0. The van der Waals surface area contributed by atoms with Gasteiger partial charge in [0.2, 0.25) is 11.9 Å². The molecule has 0 radical (unpaired) electrons. The van der Waals surface area contributed by atoms with Gasteiger partial charge in [-0.05, 0) is 62.3 Å². The van der Waals surface area contributed by atoms with E-state index in [1.165, 1.54) is 17.5 Å². The first kappa shape index (κ1) is 35.1. The summed E-state index contributed by atoms with van der Waals surface area (Å²) in [6.07, 6.45) is 4.17. The molecule has 4 aliphatic rings. The normalized spacial score (nSPS) is 18.7. The summed E-state index contributed by atoms with van der Waals surface area (Å²) in [5.74, 6) is 2.99. The molecule has 1 saturated carbocycles. The van der Waals surface area contributed by atoms with E-state index in [-0.39, 0.29) is 43.6 Å². The smallest absolute Gasteiger partial charge is 0.228 e. The van der Waals surface area contributed by atoms with Gasteiger partial charge in [0, 0.05) is 64.2 Å². The van der Waals surface area contributed by atoms with Crippen LogP contribution in [0, 0.1) is 19.8 Å². The van der Waals surface area contributed by atoms with Gasteiger partial charge in [0.1, 0.15) is 23.9 Å². The van der Waals surface area contributed by atoms with Crippen LogP contribution in [0.1, 0.15) is 64.3 Å². The fourth-order valence-corrected chi connectivity index (χ4v) is 6.65. The molecule has 3 aromatic rings. The van der Waals surface area contributed by atoms with Crippen LogP contribution in [0.3, 0.4) is 0 Å². The van der Waals surface area contributed by atoms with E-state index in [2.05, 4.69) is 33.2 Å². The highest BCUT2D eigenvalue weighted by molar-refractivity contribution is 7.59. The third-order valence-corrected chi connectivity index (χ3v) is 9.89. The SMILES string of the molecule is Cc1ncoc1COc1ccc2c(c1C)CCN(C[C@@H](O)CCC(=O)c1cc(NC3COC3)nc(N3CCN(C(=O)C4CC4)CC3)n1)C2.S. The van der Waals surface area contributed by atoms with Crippen LogP contribution in [0.15, 0.2) is 29.0 Å². The molecule has 2 aromatic heterocycles. The highest BCUT2D eigenvalue weighted by Gasteiger charge is 2.35. The van der Waals surface area contributed by atoms with Crippen molar-refractivity contribution in [3.05, 3.63) is 58.4 Å². The highest BCUT2D eigenvalue weighted by Crippen LogP contribution is 2.32. The van der Waals surface area contributed by atoms with Gasteiger partial charge in [-0.3, -0.25) is 14.5 Å². The number of carbonyl (C=O) groups is 2. The third kappa shape index (κ3) is 8.36. The van der Waals surface area contributed by atoms with Gasteiger partial charge >= 0.3 is 0 Å². The number of hydrogen-bond donors (Lipinski definition) is 2. The number of hydrogen-bond acceptors (Lipinski definition) is 12. The molecule has 49 heavy (non-hydrogen) atoms. The second-order valence-corrected chi connectivity index (χ2v) is 13.5. The summed E-state index contributed by atoms with van der Waals surface area (Å²) in [6, 6.07) is 5.96. The summed E-state index contributed by atoms with van der Waals surface area (Å²) in [5, 5.41) is 14.3. The van der Waals surface area contributed by atoms with Crippen LogP contribution in [0.2, 0.25) is 0 Å². The van der Waals surface area contributed by atoms with E-state index in [1.807, 2.05) is 22.8 Å². The van der Waals surface area contributed by atoms with Gasteiger partial charge in [-0.1, -0.05) is 6.07 Å². The predicted molar refractivity (Wildman–Crippen MR) is 187 cm³/mol. The van der Waals surface area contributed by atoms with E-state index in [9.17, 15) is 14.7 Å². The number of rotatable bonds is 13. The summed E-state index contributed by atoms with van der Waals surface area (Å²) in [5.41, 5.74) is 4.82. The summed E-state index contributed by atoms with van der Waals surface area (Å²) >= 11 is 0. The molecule has 264 valence electrons. The van der Waals surface area contributed by atoms with E-state index < -0.39 is 6.10 Å². The minimum absolute atomic E-state index is 0. The lowest BCUT2D eigenvalue weighted by molar-refractivity contribution is -0.132. The Balaban J connectivity index is 0.00000417. The molecule has 0 unspecified atom stereocenters. The lowest BCUT2D eigenvalue weighted by atomic mass is 9.94. The number of nitrogens with zero attached hydrogens (tertiary/aromatic N) is 6. The molecular weight excluding hydrogens is 646 g/mol. The zero-order valence-corrected chi connectivity index (χ0v) is 29.3. The number of amides is 1. The Labute approximate surface area is 293 Å². The van der Waals surface area contributed by atoms with Crippen LogP contribution >= 0.6 is 13.5 Å². The Morgan fingerprint density at radius 3 is 2.59 bits per heavy atom. The number of piperazine rings is 1. The Hall–Kier alpha value is -3.72. The Kier molecular flexibility index (Phi) is 11.1. The number of aromatic nitrogens is 3. The van der Waals surface area contributed by atoms with Crippen molar-refractivity contribution in [3.63, 3.8) is 0 Å². The molecular formula is C35H47N7O6S. The first-order chi connectivity index (χ1) is 23.3. The van der Waals surface area contributed by atoms with Crippen molar-refractivity contribution in [2.45, 2.75) is 71.2 Å². The molecule has 2 N–H and O–H groups in total. The van der Waals surface area contributed by atoms with Gasteiger partial charge in [0.15, 0.2) is 17.9 Å². The molecule has 1 amide bonds. The van der Waals surface area contributed by atoms with E-state index in [1.54, 1.807) is 6.07 Å². The second-order valence-electron chi connectivity index (χ2n) is 13.5. The van der Waals surface area contributed by atoms with Crippen molar-refractivity contribution in [2.24, 2.45) is 5.92 Å². The quantitative estimate of drug-likeness (QED) is 0.254. The Morgan fingerprint density at radius 1 is 1.10 bits per heavy atom. The number of benzene rings is 1. The molecule has 5 heterocycles. The average Bonchev–Trinajstić information content (AvgIpc) is 3.85. The van der Waals surface area contributed by atoms with Crippen LogP contribution in [0.5, 0.6) is 5.75 Å². The minimum atomic E-state index is -0.646. The van der Waals surface area contributed by atoms with Crippen molar-refractivity contribution in [3.8, 4) is 5.75 Å². The maximum atomic E-state index is 13.4. The number of ether oxygens (including phenoxy) is 2. The monoisotopic (exact) mass is 693 g/mol. The molecule has 0 spiro atoms. The fourth-order valence-electron chi connectivity index (χ4n) is 6.65. The van der Waals surface area contributed by atoms with Crippen molar-refractivity contribution in [1.82, 2.24) is 24.8 Å². The molecule has 13 nitrogen and oxygen atoms in total. The topological polar surface area (TPSA) is 146 Å². The zero-order chi connectivity index (χ0) is 33.2. The number of nitrogens with one attached hydrogen (secondary N) is 1. The van der Waals surface area contributed by atoms with Gasteiger partial charge in [0.25, 0.3) is 0 Å². The lowest BCUT2D eigenvalue weighted by Gasteiger charge is -2.35. The van der Waals surface area contributed by atoms with E-state index in [4.69, 9.17) is 18.9 Å². The van der Waals surface area contributed by atoms with Crippen LogP contribution in [-0.2, 0) is 29.1 Å². The van der Waals surface area contributed by atoms with Gasteiger partial charge in [-0.25, -0.2) is 9.97 Å². The zero-order valence-electron chi connectivity index (χ0n) is 28.3. The van der Waals surface area contributed by atoms with Gasteiger partial charge in [0.05, 0.1) is 31.1 Å². The third-order valence-electron chi connectivity index (χ3n) is 9.89. The second kappa shape index (κ2) is 15.4. The Bertz CT molecular complexity index is 1640. The maximum Gasteiger partial charge on any atom is 0.228 e. The number of aliphatic hydroxyl groups excluding tert-OH is 1. The molecule has 1 aromatic carbocycles. The fraction of sp³-hybridized carbons (Fsp3) is 0.571. The molecule has 3 aliphatic heterocycles. The Morgan fingerprint density at radius 2 is 1.90 bits per heavy atom. The largest absolute Gasteiger partial charge is 0.485 e.